The highest BCUT2D eigenvalue weighted by Crippen LogP contribution is 2.04. The molecule has 138 valence electrons. The van der Waals surface area contributed by atoms with Gasteiger partial charge in [0.25, 0.3) is 0 Å². The van der Waals surface area contributed by atoms with Crippen molar-refractivity contribution in [3.05, 3.63) is 0 Å². The van der Waals surface area contributed by atoms with E-state index in [1.807, 2.05) is 0 Å². The Hall–Kier alpha value is -1.72. The second-order valence-corrected chi connectivity index (χ2v) is 5.91. The number of nitrogens with zero attached hydrogens (tertiary/aromatic N) is 2. The molecule has 0 saturated carbocycles. The molecule has 0 heterocycles. The minimum absolute atomic E-state index is 0.794. The monoisotopic (exact) mass is 338 g/mol. The highest BCUT2D eigenvalue weighted by atomic mass is 16.2. The molecule has 0 bridgehead atoms. The first kappa shape index (κ1) is 22.3. The zero-order chi connectivity index (χ0) is 17.9. The molecule has 2 amide bonds. The van der Waals surface area contributed by atoms with Gasteiger partial charge in [-0.15, -0.1) is 0 Å². The van der Waals surface area contributed by atoms with Crippen LogP contribution in [0.1, 0.15) is 90.9 Å². The van der Waals surface area contributed by atoms with Crippen LogP contribution in [-0.2, 0) is 9.59 Å². The van der Waals surface area contributed by atoms with Crippen molar-refractivity contribution in [3.63, 3.8) is 0 Å². The van der Waals surface area contributed by atoms with Crippen LogP contribution < -0.4 is 10.9 Å². The fraction of sp³-hybridized carbons (Fsp3) is 0.778. The van der Waals surface area contributed by atoms with Crippen LogP contribution in [0.5, 0.6) is 0 Å². The van der Waals surface area contributed by atoms with Gasteiger partial charge >= 0.3 is 11.8 Å². The molecule has 0 aliphatic heterocycles. The minimum Gasteiger partial charge on any atom is -0.262 e. The van der Waals surface area contributed by atoms with Gasteiger partial charge in [-0.25, -0.2) is 10.9 Å². The molecule has 0 aliphatic carbocycles. The van der Waals surface area contributed by atoms with E-state index in [1.165, 1.54) is 51.4 Å². The van der Waals surface area contributed by atoms with Gasteiger partial charge in [-0.05, 0) is 25.7 Å². The number of amides is 2. The van der Waals surface area contributed by atoms with Crippen molar-refractivity contribution in [1.82, 2.24) is 10.9 Å². The van der Waals surface area contributed by atoms with Gasteiger partial charge in [0.2, 0.25) is 0 Å². The van der Waals surface area contributed by atoms with Crippen LogP contribution in [0.25, 0.3) is 0 Å². The summed E-state index contributed by atoms with van der Waals surface area (Å²) < 4.78 is 0. The standard InChI is InChI=1S/C18H34N4O2/c1-3-5-7-9-11-13-15-19-21-17(23)18(24)22-20-16-14-12-10-8-6-4-2/h15-16H,3-14H2,1-2H3,(H,21,23)(H,22,24). The predicted molar refractivity (Wildman–Crippen MR) is 100 cm³/mol. The minimum atomic E-state index is -0.794. The van der Waals surface area contributed by atoms with Gasteiger partial charge in [-0.2, -0.15) is 10.2 Å². The molecule has 0 saturated heterocycles. The topological polar surface area (TPSA) is 82.9 Å². The first-order valence-corrected chi connectivity index (χ1v) is 9.35. The zero-order valence-electron chi connectivity index (χ0n) is 15.4. The van der Waals surface area contributed by atoms with Crippen LogP contribution >= 0.6 is 0 Å². The van der Waals surface area contributed by atoms with Gasteiger partial charge in [0.1, 0.15) is 0 Å². The van der Waals surface area contributed by atoms with Gasteiger partial charge < -0.3 is 0 Å². The van der Waals surface area contributed by atoms with E-state index < -0.39 is 11.8 Å². The Bertz CT molecular complexity index is 345. The van der Waals surface area contributed by atoms with Crippen LogP contribution in [-0.4, -0.2) is 24.2 Å². The van der Waals surface area contributed by atoms with Gasteiger partial charge in [-0.3, -0.25) is 9.59 Å². The molecule has 0 aromatic carbocycles. The third-order valence-corrected chi connectivity index (χ3v) is 3.59. The zero-order valence-corrected chi connectivity index (χ0v) is 15.4. The van der Waals surface area contributed by atoms with E-state index in [0.29, 0.717) is 0 Å². The Balaban J connectivity index is 3.60. The lowest BCUT2D eigenvalue weighted by Crippen LogP contribution is -2.35. The number of rotatable bonds is 14. The summed E-state index contributed by atoms with van der Waals surface area (Å²) in [4.78, 5) is 22.9. The maximum Gasteiger partial charge on any atom is 0.331 e. The Labute approximate surface area is 146 Å². The average molecular weight is 338 g/mol. The quantitative estimate of drug-likeness (QED) is 0.218. The van der Waals surface area contributed by atoms with E-state index in [2.05, 4.69) is 34.9 Å². The first-order chi connectivity index (χ1) is 11.7. The summed E-state index contributed by atoms with van der Waals surface area (Å²) in [6, 6.07) is 0. The summed E-state index contributed by atoms with van der Waals surface area (Å²) in [5, 5.41) is 7.52. The van der Waals surface area contributed by atoms with Crippen LogP contribution in [0, 0.1) is 0 Å². The Morgan fingerprint density at radius 2 is 1.04 bits per heavy atom. The van der Waals surface area contributed by atoms with Crippen molar-refractivity contribution in [2.75, 3.05) is 0 Å². The fourth-order valence-corrected chi connectivity index (χ4v) is 2.12. The Kier molecular flexibility index (Phi) is 16.4. The summed E-state index contributed by atoms with van der Waals surface area (Å²) in [6.45, 7) is 4.36. The van der Waals surface area contributed by atoms with Crippen molar-refractivity contribution >= 4 is 24.2 Å². The van der Waals surface area contributed by atoms with Crippen LogP contribution in [0.3, 0.4) is 0 Å². The molecule has 6 nitrogen and oxygen atoms in total. The molecule has 24 heavy (non-hydrogen) atoms. The molecule has 0 fully saturated rings. The lowest BCUT2D eigenvalue weighted by atomic mass is 10.1. The Morgan fingerprint density at radius 3 is 1.42 bits per heavy atom. The number of carbonyl (C=O) groups excluding carboxylic acids is 2. The van der Waals surface area contributed by atoms with E-state index in [1.54, 1.807) is 12.4 Å². The van der Waals surface area contributed by atoms with Crippen molar-refractivity contribution in [1.29, 1.82) is 0 Å². The molecule has 0 unspecified atom stereocenters. The number of unbranched alkanes of at least 4 members (excludes halogenated alkanes) is 10. The molecule has 0 radical (unpaired) electrons. The number of hydrogen-bond donors (Lipinski definition) is 2. The van der Waals surface area contributed by atoms with Crippen molar-refractivity contribution in [2.45, 2.75) is 90.9 Å². The third-order valence-electron chi connectivity index (χ3n) is 3.59. The molecular formula is C18H34N4O2. The predicted octanol–water partition coefficient (Wildman–Crippen LogP) is 3.91. The summed E-state index contributed by atoms with van der Waals surface area (Å²) in [6.07, 6.45) is 16.7. The van der Waals surface area contributed by atoms with Crippen LogP contribution in [0.2, 0.25) is 0 Å². The Morgan fingerprint density at radius 1 is 0.667 bits per heavy atom. The molecular weight excluding hydrogens is 304 g/mol. The SMILES string of the molecule is CCCCCCCC=NNC(=O)C(=O)NN=CCCCCCCC. The van der Waals surface area contributed by atoms with Crippen LogP contribution in [0.15, 0.2) is 10.2 Å². The van der Waals surface area contributed by atoms with Gasteiger partial charge in [0, 0.05) is 12.4 Å². The van der Waals surface area contributed by atoms with E-state index >= 15 is 0 Å². The number of carbonyl (C=O) groups is 2. The second-order valence-electron chi connectivity index (χ2n) is 5.91. The number of hydrazone groups is 2. The second kappa shape index (κ2) is 17.6. The highest BCUT2D eigenvalue weighted by molar-refractivity contribution is 6.35. The van der Waals surface area contributed by atoms with Crippen molar-refractivity contribution in [2.24, 2.45) is 10.2 Å². The third kappa shape index (κ3) is 15.2. The molecule has 0 aromatic heterocycles. The normalized spacial score (nSPS) is 11.2. The molecule has 0 aromatic rings. The molecule has 0 atom stereocenters. The summed E-state index contributed by atoms with van der Waals surface area (Å²) in [5.41, 5.74) is 4.41. The maximum absolute atomic E-state index is 11.4. The van der Waals surface area contributed by atoms with E-state index in [4.69, 9.17) is 0 Å². The highest BCUT2D eigenvalue weighted by Gasteiger charge is 2.10. The maximum atomic E-state index is 11.4. The molecule has 2 N–H and O–H groups in total. The van der Waals surface area contributed by atoms with Gasteiger partial charge in [0.05, 0.1) is 0 Å². The molecule has 0 aliphatic rings. The first-order valence-electron chi connectivity index (χ1n) is 9.35. The van der Waals surface area contributed by atoms with E-state index in [-0.39, 0.29) is 0 Å². The van der Waals surface area contributed by atoms with Crippen LogP contribution in [0.4, 0.5) is 0 Å². The lowest BCUT2D eigenvalue weighted by Gasteiger charge is -1.99. The summed E-state index contributed by atoms with van der Waals surface area (Å²) >= 11 is 0. The summed E-state index contributed by atoms with van der Waals surface area (Å²) in [5.74, 6) is -1.59. The number of hydrogen-bond acceptors (Lipinski definition) is 4. The smallest absolute Gasteiger partial charge is 0.262 e. The van der Waals surface area contributed by atoms with E-state index in [0.717, 1.165) is 25.7 Å². The molecule has 0 rings (SSSR count). The number of nitrogens with one attached hydrogen (secondary N) is 2. The molecule has 0 spiro atoms. The van der Waals surface area contributed by atoms with Gasteiger partial charge in [0.15, 0.2) is 0 Å². The largest absolute Gasteiger partial charge is 0.331 e. The lowest BCUT2D eigenvalue weighted by molar-refractivity contribution is -0.139. The van der Waals surface area contributed by atoms with Crippen molar-refractivity contribution in [3.8, 4) is 0 Å². The van der Waals surface area contributed by atoms with Gasteiger partial charge in [-0.1, -0.05) is 65.2 Å². The van der Waals surface area contributed by atoms with Crippen molar-refractivity contribution < 1.29 is 9.59 Å². The van der Waals surface area contributed by atoms with E-state index in [9.17, 15) is 9.59 Å². The molecule has 6 heteroatoms. The fourth-order valence-electron chi connectivity index (χ4n) is 2.12. The summed E-state index contributed by atoms with van der Waals surface area (Å²) in [7, 11) is 0. The average Bonchev–Trinajstić information content (AvgIpc) is 2.59.